The van der Waals surface area contributed by atoms with Crippen molar-refractivity contribution >= 4 is 40.7 Å². The normalized spacial score (nSPS) is 19.3. The van der Waals surface area contributed by atoms with Crippen molar-refractivity contribution in [2.75, 3.05) is 18.7 Å². The van der Waals surface area contributed by atoms with Gasteiger partial charge in [0.1, 0.15) is 11.7 Å². The zero-order valence-corrected chi connectivity index (χ0v) is 22.2. The molecule has 194 valence electrons. The second-order valence-electron chi connectivity index (χ2n) is 8.80. The van der Waals surface area contributed by atoms with Crippen molar-refractivity contribution in [1.82, 2.24) is 4.57 Å². The minimum atomic E-state index is -0.742. The number of hydrogen-bond donors (Lipinski definition) is 0. The summed E-state index contributed by atoms with van der Waals surface area (Å²) in [4.78, 5) is 45.1. The highest BCUT2D eigenvalue weighted by Crippen LogP contribution is 2.32. The van der Waals surface area contributed by atoms with Crippen molar-refractivity contribution in [3.8, 4) is 5.75 Å². The van der Waals surface area contributed by atoms with Crippen LogP contribution in [0.2, 0.25) is 0 Å². The van der Waals surface area contributed by atoms with Crippen molar-refractivity contribution in [3.63, 3.8) is 0 Å². The lowest BCUT2D eigenvalue weighted by Crippen LogP contribution is -2.40. The first-order valence-corrected chi connectivity index (χ1v) is 12.9. The van der Waals surface area contributed by atoms with Gasteiger partial charge in [-0.3, -0.25) is 14.2 Å². The molecule has 2 aromatic carbocycles. The van der Waals surface area contributed by atoms with Crippen molar-refractivity contribution in [2.24, 2.45) is 16.0 Å². The van der Waals surface area contributed by atoms with Crippen molar-refractivity contribution < 1.29 is 19.1 Å². The fourth-order valence-corrected chi connectivity index (χ4v) is 5.64. The Bertz CT molecular complexity index is 1650. The van der Waals surface area contributed by atoms with Gasteiger partial charge in [-0.1, -0.05) is 41.7 Å². The summed E-state index contributed by atoms with van der Waals surface area (Å²) in [5.74, 6) is -0.815. The number of methoxy groups -OCH3 is 1. The number of benzene rings is 2. The van der Waals surface area contributed by atoms with Gasteiger partial charge in [0.2, 0.25) is 0 Å². The number of fused-ring (bicyclic) bond motifs is 1. The molecule has 0 bridgehead atoms. The van der Waals surface area contributed by atoms with Gasteiger partial charge in [0.05, 0.1) is 47.0 Å². The molecular formula is C28H26N4O5S. The number of anilines is 1. The Hall–Kier alpha value is -4.31. The van der Waals surface area contributed by atoms with E-state index in [1.165, 1.54) is 20.9 Å². The largest absolute Gasteiger partial charge is 0.497 e. The van der Waals surface area contributed by atoms with Gasteiger partial charge in [0, 0.05) is 0 Å². The van der Waals surface area contributed by atoms with E-state index in [4.69, 9.17) is 9.47 Å². The number of amides is 1. The Kier molecular flexibility index (Phi) is 6.81. The number of hydrogen-bond acceptors (Lipinski definition) is 8. The molecule has 0 aliphatic carbocycles. The van der Waals surface area contributed by atoms with Crippen LogP contribution >= 0.6 is 11.3 Å². The van der Waals surface area contributed by atoms with Crippen molar-refractivity contribution in [3.05, 3.63) is 91.1 Å². The quantitative estimate of drug-likeness (QED) is 0.456. The standard InChI is InChI=1S/C28H26N4O5S/c1-5-37-27(35)23-17(3)29-28-31(24(23)18-11-13-20(36-4)14-12-18)26(34)22(38-28)15-21-16(2)30-32(25(21)33)19-9-7-6-8-10-19/h6-15,21,24H,5H2,1-4H3/b22-15+/t21-,24+/m1/s1. The first-order valence-electron chi connectivity index (χ1n) is 12.1. The fourth-order valence-electron chi connectivity index (χ4n) is 4.58. The number of carbonyl (C=O) groups excluding carboxylic acids is 2. The SMILES string of the molecule is CCOC(=O)C1=C(C)N=c2s/c(=C/[C@H]3C(=O)N(c4ccccc4)N=C3C)c(=O)n2[C@H]1c1ccc(OC)cc1. The second-order valence-corrected chi connectivity index (χ2v) is 9.81. The Morgan fingerprint density at radius 3 is 2.45 bits per heavy atom. The van der Waals surface area contributed by atoms with Crippen LogP contribution in [-0.4, -0.2) is 35.9 Å². The molecule has 2 aliphatic heterocycles. The molecule has 5 rings (SSSR count). The van der Waals surface area contributed by atoms with E-state index in [0.717, 1.165) is 0 Å². The van der Waals surface area contributed by atoms with E-state index in [-0.39, 0.29) is 18.1 Å². The summed E-state index contributed by atoms with van der Waals surface area (Å²) in [7, 11) is 1.57. The predicted octanol–water partition coefficient (Wildman–Crippen LogP) is 2.80. The number of hydrazone groups is 1. The van der Waals surface area contributed by atoms with Gasteiger partial charge >= 0.3 is 5.97 Å². The molecule has 0 unspecified atom stereocenters. The molecular weight excluding hydrogens is 504 g/mol. The fraction of sp³-hybridized carbons (Fsp3) is 0.250. The van der Waals surface area contributed by atoms with Gasteiger partial charge in [-0.25, -0.2) is 9.79 Å². The zero-order valence-electron chi connectivity index (χ0n) is 21.4. The molecule has 0 fully saturated rings. The average molecular weight is 531 g/mol. The number of rotatable bonds is 6. The number of esters is 1. The van der Waals surface area contributed by atoms with Crippen molar-refractivity contribution in [1.29, 1.82) is 0 Å². The van der Waals surface area contributed by atoms with E-state index in [9.17, 15) is 14.4 Å². The van der Waals surface area contributed by atoms with Crippen LogP contribution in [0.5, 0.6) is 5.75 Å². The van der Waals surface area contributed by atoms with E-state index in [2.05, 4.69) is 10.1 Å². The van der Waals surface area contributed by atoms with Crippen LogP contribution in [0.15, 0.2) is 80.8 Å². The molecule has 0 saturated carbocycles. The summed E-state index contributed by atoms with van der Waals surface area (Å²) in [6, 6.07) is 15.6. The van der Waals surface area contributed by atoms with Crippen LogP contribution in [0.3, 0.4) is 0 Å². The third-order valence-electron chi connectivity index (χ3n) is 6.45. The first kappa shape index (κ1) is 25.3. The van der Waals surface area contributed by atoms with Gasteiger partial charge in [-0.2, -0.15) is 10.1 Å². The number of nitrogens with zero attached hydrogens (tertiary/aromatic N) is 4. The summed E-state index contributed by atoms with van der Waals surface area (Å²) < 4.78 is 12.5. The lowest BCUT2D eigenvalue weighted by atomic mass is 9.96. The molecule has 3 heterocycles. The number of carbonyl (C=O) groups is 2. The monoisotopic (exact) mass is 530 g/mol. The summed E-state index contributed by atoms with van der Waals surface area (Å²) >= 11 is 1.18. The Morgan fingerprint density at radius 1 is 1.08 bits per heavy atom. The molecule has 2 atom stereocenters. The minimum absolute atomic E-state index is 0.190. The summed E-state index contributed by atoms with van der Waals surface area (Å²) in [5, 5.41) is 5.79. The molecule has 0 radical (unpaired) electrons. The third kappa shape index (κ3) is 4.37. The van der Waals surface area contributed by atoms with Crippen LogP contribution in [-0.2, 0) is 14.3 Å². The minimum Gasteiger partial charge on any atom is -0.497 e. The highest BCUT2D eigenvalue weighted by Gasteiger charge is 2.35. The third-order valence-corrected chi connectivity index (χ3v) is 7.45. The molecule has 0 N–H and O–H groups in total. The lowest BCUT2D eigenvalue weighted by molar-refractivity contribution is -0.139. The van der Waals surface area contributed by atoms with E-state index >= 15 is 0 Å². The molecule has 1 amide bonds. The maximum Gasteiger partial charge on any atom is 0.338 e. The Morgan fingerprint density at radius 2 is 1.79 bits per heavy atom. The number of thiazole rings is 1. The molecule has 38 heavy (non-hydrogen) atoms. The number of para-hydroxylation sites is 1. The summed E-state index contributed by atoms with van der Waals surface area (Å²) in [6.07, 6.45) is 1.64. The smallest absolute Gasteiger partial charge is 0.338 e. The molecule has 1 aromatic heterocycles. The molecule has 2 aliphatic rings. The lowest BCUT2D eigenvalue weighted by Gasteiger charge is -2.24. The number of aromatic nitrogens is 1. The van der Waals surface area contributed by atoms with Crippen LogP contribution < -0.4 is 24.6 Å². The first-order chi connectivity index (χ1) is 18.3. The molecule has 3 aromatic rings. The number of ether oxygens (including phenoxy) is 2. The van der Waals surface area contributed by atoms with E-state index in [1.807, 2.05) is 30.3 Å². The number of allylic oxidation sites excluding steroid dienone is 1. The maximum atomic E-state index is 13.8. The van der Waals surface area contributed by atoms with E-state index in [0.29, 0.717) is 43.3 Å². The van der Waals surface area contributed by atoms with Crippen LogP contribution in [0.4, 0.5) is 5.69 Å². The maximum absolute atomic E-state index is 13.8. The van der Waals surface area contributed by atoms with E-state index in [1.54, 1.807) is 58.2 Å². The van der Waals surface area contributed by atoms with E-state index < -0.39 is 17.9 Å². The molecule has 9 nitrogen and oxygen atoms in total. The second kappa shape index (κ2) is 10.2. The topological polar surface area (TPSA) is 103 Å². The van der Waals surface area contributed by atoms with Crippen molar-refractivity contribution in [2.45, 2.75) is 26.8 Å². The van der Waals surface area contributed by atoms with Gasteiger partial charge in [0.15, 0.2) is 4.80 Å². The average Bonchev–Trinajstić information content (AvgIpc) is 3.38. The highest BCUT2D eigenvalue weighted by molar-refractivity contribution is 7.07. The highest BCUT2D eigenvalue weighted by atomic mass is 32.1. The Balaban J connectivity index is 1.62. The molecule has 0 saturated heterocycles. The molecule has 0 spiro atoms. The van der Waals surface area contributed by atoms with Crippen LogP contribution in [0.25, 0.3) is 6.08 Å². The zero-order chi connectivity index (χ0) is 27.0. The summed E-state index contributed by atoms with van der Waals surface area (Å²) in [6.45, 7) is 5.42. The Labute approximate surface area is 222 Å². The van der Waals surface area contributed by atoms with Gasteiger partial charge in [-0.05, 0) is 56.7 Å². The summed E-state index contributed by atoms with van der Waals surface area (Å²) in [5.41, 5.74) is 2.37. The van der Waals surface area contributed by atoms with Gasteiger partial charge in [0.25, 0.3) is 11.5 Å². The van der Waals surface area contributed by atoms with Gasteiger partial charge in [-0.15, -0.1) is 0 Å². The predicted molar refractivity (Wildman–Crippen MR) is 145 cm³/mol. The van der Waals surface area contributed by atoms with Crippen LogP contribution in [0, 0.1) is 5.92 Å². The van der Waals surface area contributed by atoms with Crippen LogP contribution in [0.1, 0.15) is 32.4 Å². The van der Waals surface area contributed by atoms with Gasteiger partial charge < -0.3 is 9.47 Å². The molecule has 10 heteroatoms.